The summed E-state index contributed by atoms with van der Waals surface area (Å²) in [6.07, 6.45) is 1.61. The molecule has 1 amide bonds. The molecule has 0 fully saturated rings. The van der Waals surface area contributed by atoms with Gasteiger partial charge in [-0.05, 0) is 35.2 Å². The van der Waals surface area contributed by atoms with Crippen LogP contribution in [0, 0.1) is 0 Å². The van der Waals surface area contributed by atoms with Crippen LogP contribution in [-0.2, 0) is 13.0 Å². The second-order valence-corrected chi connectivity index (χ2v) is 3.91. The number of nitrogens with zero attached hydrogens (tertiary/aromatic N) is 1. The maximum atomic E-state index is 10.9. The first-order chi connectivity index (χ1) is 7.61. The van der Waals surface area contributed by atoms with E-state index < -0.39 is 6.09 Å². The molecule has 16 heavy (non-hydrogen) atoms. The zero-order valence-corrected chi connectivity index (χ0v) is 8.94. The molecule has 0 aliphatic carbocycles. The smallest absolute Gasteiger partial charge is 0.407 e. The molecule has 0 saturated heterocycles. The van der Waals surface area contributed by atoms with Crippen molar-refractivity contribution in [3.8, 4) is 0 Å². The molecule has 0 radical (unpaired) electrons. The average Bonchev–Trinajstić information content (AvgIpc) is 2.26. The topological polar surface area (TPSA) is 66.6 Å². The summed E-state index contributed by atoms with van der Waals surface area (Å²) in [7, 11) is 0. The Morgan fingerprint density at radius 2 is 2.31 bits per heavy atom. The van der Waals surface area contributed by atoms with Gasteiger partial charge in [-0.25, -0.2) is 4.79 Å². The van der Waals surface area contributed by atoms with Crippen LogP contribution >= 0.6 is 0 Å². The fraction of sp³-hybridized carbons (Fsp3) is 0.250. The van der Waals surface area contributed by atoms with Crippen LogP contribution in [-0.4, -0.2) is 22.6 Å². The third kappa shape index (κ3) is 1.74. The Morgan fingerprint density at radius 1 is 1.56 bits per heavy atom. The van der Waals surface area contributed by atoms with Gasteiger partial charge in [0.1, 0.15) is 0 Å². The van der Waals surface area contributed by atoms with Crippen LogP contribution in [0.15, 0.2) is 18.7 Å². The molecule has 84 valence electrons. The predicted octanol–water partition coefficient (Wildman–Crippen LogP) is 1.95. The third-order valence-electron chi connectivity index (χ3n) is 2.88. The molecule has 1 aromatic carbocycles. The Labute approximate surface area is 94.0 Å². The number of fused-ring (bicyclic) bond motifs is 1. The molecule has 2 rings (SSSR count). The molecule has 0 bridgehead atoms. The van der Waals surface area contributed by atoms with E-state index in [1.54, 1.807) is 6.08 Å². The summed E-state index contributed by atoms with van der Waals surface area (Å²) in [6.45, 7) is 4.70. The van der Waals surface area contributed by atoms with E-state index in [-0.39, 0.29) is 0 Å². The number of amides is 1. The Kier molecular flexibility index (Phi) is 2.56. The molecule has 0 atom stereocenters. The molecule has 3 N–H and O–H groups in total. The van der Waals surface area contributed by atoms with Crippen molar-refractivity contribution in [1.82, 2.24) is 4.90 Å². The van der Waals surface area contributed by atoms with E-state index in [0.29, 0.717) is 18.8 Å². The van der Waals surface area contributed by atoms with Gasteiger partial charge in [0.15, 0.2) is 0 Å². The van der Waals surface area contributed by atoms with Crippen LogP contribution in [0.5, 0.6) is 0 Å². The van der Waals surface area contributed by atoms with Gasteiger partial charge in [0.05, 0.1) is 0 Å². The fourth-order valence-electron chi connectivity index (χ4n) is 2.10. The van der Waals surface area contributed by atoms with Crippen LogP contribution in [0.2, 0.25) is 0 Å². The van der Waals surface area contributed by atoms with Crippen molar-refractivity contribution in [2.24, 2.45) is 0 Å². The van der Waals surface area contributed by atoms with E-state index in [1.165, 1.54) is 10.5 Å². The minimum atomic E-state index is -0.881. The van der Waals surface area contributed by atoms with Crippen molar-refractivity contribution < 1.29 is 9.90 Å². The van der Waals surface area contributed by atoms with Crippen LogP contribution in [0.1, 0.15) is 16.7 Å². The number of carboxylic acid groups (broad SMARTS) is 1. The number of anilines is 1. The molecule has 4 heteroatoms. The Balaban J connectivity index is 2.42. The molecule has 0 aromatic heterocycles. The number of hydrogen-bond acceptors (Lipinski definition) is 2. The van der Waals surface area contributed by atoms with E-state index in [0.717, 1.165) is 17.5 Å². The van der Waals surface area contributed by atoms with Crippen LogP contribution in [0.25, 0.3) is 6.08 Å². The van der Waals surface area contributed by atoms with Crippen molar-refractivity contribution in [2.45, 2.75) is 13.0 Å². The highest BCUT2D eigenvalue weighted by Gasteiger charge is 2.21. The summed E-state index contributed by atoms with van der Waals surface area (Å²) in [5, 5.41) is 8.93. The van der Waals surface area contributed by atoms with Gasteiger partial charge in [-0.15, -0.1) is 0 Å². The quantitative estimate of drug-likeness (QED) is 0.708. The minimum Gasteiger partial charge on any atom is -0.465 e. The van der Waals surface area contributed by atoms with Gasteiger partial charge in [0.25, 0.3) is 0 Å². The molecule has 0 saturated carbocycles. The van der Waals surface area contributed by atoms with Gasteiger partial charge in [-0.3, -0.25) is 0 Å². The van der Waals surface area contributed by atoms with Crippen LogP contribution in [0.3, 0.4) is 0 Å². The van der Waals surface area contributed by atoms with Crippen LogP contribution < -0.4 is 5.73 Å². The highest BCUT2D eigenvalue weighted by molar-refractivity contribution is 5.67. The summed E-state index contributed by atoms with van der Waals surface area (Å²) < 4.78 is 0. The third-order valence-corrected chi connectivity index (χ3v) is 2.88. The van der Waals surface area contributed by atoms with E-state index >= 15 is 0 Å². The molecule has 0 unspecified atom stereocenters. The van der Waals surface area contributed by atoms with Gasteiger partial charge in [-0.1, -0.05) is 12.7 Å². The van der Waals surface area contributed by atoms with Crippen molar-refractivity contribution in [1.29, 1.82) is 0 Å². The lowest BCUT2D eigenvalue weighted by Gasteiger charge is -2.27. The van der Waals surface area contributed by atoms with Crippen molar-refractivity contribution >= 4 is 17.9 Å². The van der Waals surface area contributed by atoms with E-state index in [2.05, 4.69) is 6.58 Å². The fourth-order valence-corrected chi connectivity index (χ4v) is 2.10. The number of benzene rings is 1. The van der Waals surface area contributed by atoms with Gasteiger partial charge < -0.3 is 15.7 Å². The van der Waals surface area contributed by atoms with Gasteiger partial charge in [0.2, 0.25) is 0 Å². The summed E-state index contributed by atoms with van der Waals surface area (Å²) >= 11 is 0. The van der Waals surface area contributed by atoms with Crippen molar-refractivity contribution in [3.63, 3.8) is 0 Å². The Bertz CT molecular complexity index is 455. The first kappa shape index (κ1) is 10.5. The molecule has 1 aliphatic rings. The number of nitrogen functional groups attached to an aromatic ring is 1. The Morgan fingerprint density at radius 3 is 2.94 bits per heavy atom. The number of rotatable bonds is 1. The summed E-state index contributed by atoms with van der Waals surface area (Å²) in [5.41, 5.74) is 9.59. The molecule has 1 aliphatic heterocycles. The monoisotopic (exact) mass is 218 g/mol. The Hall–Kier alpha value is -1.97. The second kappa shape index (κ2) is 3.89. The molecule has 1 heterocycles. The molecular formula is C12H14N2O2. The van der Waals surface area contributed by atoms with E-state index in [4.69, 9.17) is 10.8 Å². The minimum absolute atomic E-state index is 0.413. The molecule has 1 aromatic rings. The first-order valence-electron chi connectivity index (χ1n) is 5.13. The highest BCUT2D eigenvalue weighted by atomic mass is 16.4. The van der Waals surface area contributed by atoms with E-state index in [9.17, 15) is 4.79 Å². The van der Waals surface area contributed by atoms with Crippen molar-refractivity contribution in [2.75, 3.05) is 12.3 Å². The molecular weight excluding hydrogens is 204 g/mol. The lowest BCUT2D eigenvalue weighted by Crippen LogP contribution is -2.35. The van der Waals surface area contributed by atoms with Crippen LogP contribution in [0.4, 0.5) is 10.5 Å². The van der Waals surface area contributed by atoms with Crippen molar-refractivity contribution in [3.05, 3.63) is 35.4 Å². The maximum absolute atomic E-state index is 10.9. The standard InChI is InChI=1S/C12H14N2O2/c1-2-8-5-10(13)6-9-7-14(12(15)16)4-3-11(8)9/h2,5-6H,1,3-4,7,13H2,(H,15,16). The number of carbonyl (C=O) groups is 1. The zero-order valence-electron chi connectivity index (χ0n) is 8.94. The lowest BCUT2D eigenvalue weighted by molar-refractivity contribution is 0.140. The first-order valence-corrected chi connectivity index (χ1v) is 5.13. The van der Waals surface area contributed by atoms with Gasteiger partial charge in [0, 0.05) is 18.8 Å². The van der Waals surface area contributed by atoms with E-state index in [1.807, 2.05) is 12.1 Å². The van der Waals surface area contributed by atoms with Gasteiger partial charge in [-0.2, -0.15) is 0 Å². The molecule has 4 nitrogen and oxygen atoms in total. The van der Waals surface area contributed by atoms with Gasteiger partial charge >= 0.3 is 6.09 Å². The number of hydrogen-bond donors (Lipinski definition) is 2. The molecule has 0 spiro atoms. The summed E-state index contributed by atoms with van der Waals surface area (Å²) in [6, 6.07) is 3.72. The average molecular weight is 218 g/mol. The zero-order chi connectivity index (χ0) is 11.7. The second-order valence-electron chi connectivity index (χ2n) is 3.91. The predicted molar refractivity (Wildman–Crippen MR) is 63.1 cm³/mol. The largest absolute Gasteiger partial charge is 0.465 e. The maximum Gasteiger partial charge on any atom is 0.407 e. The summed E-state index contributed by atoms with van der Waals surface area (Å²) in [4.78, 5) is 12.3. The normalized spacial score (nSPS) is 14.4. The lowest BCUT2D eigenvalue weighted by atomic mass is 9.94. The summed E-state index contributed by atoms with van der Waals surface area (Å²) in [5.74, 6) is 0. The number of nitrogens with two attached hydrogens (primary N) is 1. The SMILES string of the molecule is C=Cc1cc(N)cc2c1CCN(C(=O)O)C2. The highest BCUT2D eigenvalue weighted by Crippen LogP contribution is 2.26.